The number of nitrogens with zero attached hydrogens (tertiary/aromatic N) is 4. The first-order chi connectivity index (χ1) is 13.3. The number of alkyl halides is 3. The van der Waals surface area contributed by atoms with E-state index in [1.165, 1.54) is 19.5 Å². The number of carbonyl (C=O) groups is 1. The van der Waals surface area contributed by atoms with E-state index in [2.05, 4.69) is 20.2 Å². The Balaban J connectivity index is 1.58. The van der Waals surface area contributed by atoms with Crippen molar-refractivity contribution in [2.75, 3.05) is 31.1 Å². The Morgan fingerprint density at radius 3 is 2.82 bits per heavy atom. The predicted octanol–water partition coefficient (Wildman–Crippen LogP) is 2.31. The highest BCUT2D eigenvalue weighted by Crippen LogP contribution is 2.41. The van der Waals surface area contributed by atoms with Crippen LogP contribution in [0.15, 0.2) is 12.3 Å². The maximum absolute atomic E-state index is 13.1. The van der Waals surface area contributed by atoms with Gasteiger partial charge in [-0.05, 0) is 43.7 Å². The van der Waals surface area contributed by atoms with Gasteiger partial charge < -0.3 is 10.2 Å². The van der Waals surface area contributed by atoms with Gasteiger partial charge in [-0.2, -0.15) is 13.2 Å². The van der Waals surface area contributed by atoms with Gasteiger partial charge in [-0.15, -0.1) is 0 Å². The molecule has 4 heterocycles. The zero-order chi connectivity index (χ0) is 19.9. The Morgan fingerprint density at radius 1 is 1.29 bits per heavy atom. The zero-order valence-corrected chi connectivity index (χ0v) is 16.0. The number of nitrogens with one attached hydrogen (secondary N) is 1. The third-order valence-corrected chi connectivity index (χ3v) is 6.40. The molecule has 0 unspecified atom stereocenters. The van der Waals surface area contributed by atoms with Gasteiger partial charge in [-0.25, -0.2) is 9.97 Å². The van der Waals surface area contributed by atoms with E-state index in [0.717, 1.165) is 31.9 Å². The third kappa shape index (κ3) is 3.81. The van der Waals surface area contributed by atoms with Crippen molar-refractivity contribution in [3.63, 3.8) is 0 Å². The molecule has 1 aromatic rings. The number of fused-ring (bicyclic) bond motifs is 4. The Kier molecular flexibility index (Phi) is 5.20. The fraction of sp³-hybridized carbons (Fsp3) is 0.737. The van der Waals surface area contributed by atoms with Crippen LogP contribution in [0, 0.1) is 11.8 Å². The molecule has 2 bridgehead atoms. The number of hydrogen-bond donors (Lipinski definition) is 1. The van der Waals surface area contributed by atoms with Gasteiger partial charge in [-0.3, -0.25) is 9.69 Å². The molecule has 0 aromatic carbocycles. The third-order valence-electron chi connectivity index (χ3n) is 6.40. The minimum absolute atomic E-state index is 0.0513. The Morgan fingerprint density at radius 2 is 2.07 bits per heavy atom. The van der Waals surface area contributed by atoms with Gasteiger partial charge in [-0.1, -0.05) is 6.42 Å². The summed E-state index contributed by atoms with van der Waals surface area (Å²) in [6.45, 7) is 4.43. The van der Waals surface area contributed by atoms with E-state index in [1.807, 2.05) is 4.90 Å². The van der Waals surface area contributed by atoms with Crippen molar-refractivity contribution in [2.24, 2.45) is 11.8 Å². The molecule has 28 heavy (non-hydrogen) atoms. The van der Waals surface area contributed by atoms with Gasteiger partial charge in [0.25, 0.3) is 0 Å². The standard InChI is InChI=1S/C19H26F3N5O/c1-12(28)24-9-16-14-8-13(15-4-2-3-7-27(15)16)10-26(11-14)18-23-6-5-17(25-18)19(20,21)22/h5-6,13-16H,2-4,7-11H2,1H3,(H,24,28)/t13-,14+,15+,16+/m1/s1. The highest BCUT2D eigenvalue weighted by Gasteiger charge is 2.47. The Bertz CT molecular complexity index is 728. The lowest BCUT2D eigenvalue weighted by Gasteiger charge is -2.56. The predicted molar refractivity (Wildman–Crippen MR) is 97.7 cm³/mol. The quantitative estimate of drug-likeness (QED) is 0.848. The van der Waals surface area contributed by atoms with E-state index in [1.54, 1.807) is 0 Å². The van der Waals surface area contributed by atoms with E-state index in [4.69, 9.17) is 0 Å². The van der Waals surface area contributed by atoms with Gasteiger partial charge in [0.15, 0.2) is 0 Å². The van der Waals surface area contributed by atoms with Gasteiger partial charge in [0.1, 0.15) is 5.69 Å². The van der Waals surface area contributed by atoms with Crippen molar-refractivity contribution in [1.82, 2.24) is 20.2 Å². The van der Waals surface area contributed by atoms with Crippen LogP contribution in [0.5, 0.6) is 0 Å². The highest BCUT2D eigenvalue weighted by molar-refractivity contribution is 5.72. The van der Waals surface area contributed by atoms with Gasteiger partial charge in [0, 0.05) is 44.8 Å². The van der Waals surface area contributed by atoms with Crippen LogP contribution in [0.2, 0.25) is 0 Å². The van der Waals surface area contributed by atoms with Gasteiger partial charge >= 0.3 is 6.18 Å². The topological polar surface area (TPSA) is 61.4 Å². The highest BCUT2D eigenvalue weighted by atomic mass is 19.4. The molecular weight excluding hydrogens is 371 g/mol. The van der Waals surface area contributed by atoms with Crippen LogP contribution in [-0.4, -0.2) is 59.0 Å². The SMILES string of the molecule is CC(=O)NC[C@H]1[C@H]2C[C@H](CN(c3nccc(C(F)(F)F)n3)C2)[C@@H]2CCCCN21. The van der Waals surface area contributed by atoms with E-state index in [9.17, 15) is 18.0 Å². The molecule has 6 nitrogen and oxygen atoms in total. The monoisotopic (exact) mass is 397 g/mol. The maximum atomic E-state index is 13.1. The summed E-state index contributed by atoms with van der Waals surface area (Å²) in [6, 6.07) is 1.54. The number of anilines is 1. The molecular formula is C19H26F3N5O. The van der Waals surface area contributed by atoms with Crippen LogP contribution in [0.1, 0.15) is 38.3 Å². The van der Waals surface area contributed by atoms with Gasteiger partial charge in [0.2, 0.25) is 11.9 Å². The molecule has 3 fully saturated rings. The number of halogens is 3. The van der Waals surface area contributed by atoms with Crippen LogP contribution in [0.25, 0.3) is 0 Å². The van der Waals surface area contributed by atoms with Crippen molar-refractivity contribution in [1.29, 1.82) is 0 Å². The average molecular weight is 397 g/mol. The summed E-state index contributed by atoms with van der Waals surface area (Å²) in [5, 5.41) is 2.96. The number of aromatic nitrogens is 2. The molecule has 3 aliphatic rings. The first-order valence-corrected chi connectivity index (χ1v) is 9.98. The molecule has 0 saturated carbocycles. The Hall–Kier alpha value is -1.90. The number of piperidine rings is 3. The number of rotatable bonds is 3. The van der Waals surface area contributed by atoms with E-state index < -0.39 is 11.9 Å². The summed E-state index contributed by atoms with van der Waals surface area (Å²) in [4.78, 5) is 23.9. The molecule has 9 heteroatoms. The summed E-state index contributed by atoms with van der Waals surface area (Å²) < 4.78 is 39.2. The molecule has 4 rings (SSSR count). The van der Waals surface area contributed by atoms with Crippen LogP contribution >= 0.6 is 0 Å². The molecule has 3 aliphatic heterocycles. The number of amides is 1. The molecule has 1 amide bonds. The normalized spacial score (nSPS) is 30.6. The smallest absolute Gasteiger partial charge is 0.355 e. The molecule has 3 saturated heterocycles. The van der Waals surface area contributed by atoms with Gasteiger partial charge in [0.05, 0.1) is 0 Å². The van der Waals surface area contributed by atoms with Crippen LogP contribution in [-0.2, 0) is 11.0 Å². The second kappa shape index (κ2) is 7.50. The lowest BCUT2D eigenvalue weighted by Crippen LogP contribution is -2.65. The lowest BCUT2D eigenvalue weighted by molar-refractivity contribution is -0.141. The summed E-state index contributed by atoms with van der Waals surface area (Å²) in [6.07, 6.45) is 1.20. The second-order valence-corrected chi connectivity index (χ2v) is 8.21. The molecule has 0 aliphatic carbocycles. The van der Waals surface area contributed by atoms with E-state index >= 15 is 0 Å². The Labute approximate surface area is 162 Å². The molecule has 0 radical (unpaired) electrons. The van der Waals surface area contributed by atoms with Crippen molar-refractivity contribution < 1.29 is 18.0 Å². The first kappa shape index (κ1) is 19.4. The van der Waals surface area contributed by atoms with Crippen molar-refractivity contribution in [3.05, 3.63) is 18.0 Å². The summed E-state index contributed by atoms with van der Waals surface area (Å²) in [5.74, 6) is 0.778. The number of carbonyl (C=O) groups excluding carboxylic acids is 1. The first-order valence-electron chi connectivity index (χ1n) is 9.98. The molecule has 1 aromatic heterocycles. The van der Waals surface area contributed by atoms with E-state index in [-0.39, 0.29) is 23.8 Å². The van der Waals surface area contributed by atoms with Crippen LogP contribution in [0.3, 0.4) is 0 Å². The summed E-state index contributed by atoms with van der Waals surface area (Å²) in [5.41, 5.74) is -0.901. The minimum Gasteiger partial charge on any atom is -0.355 e. The molecule has 1 N–H and O–H groups in total. The fourth-order valence-electron chi connectivity index (χ4n) is 5.26. The summed E-state index contributed by atoms with van der Waals surface area (Å²) in [7, 11) is 0. The molecule has 4 atom stereocenters. The zero-order valence-electron chi connectivity index (χ0n) is 16.0. The molecule has 154 valence electrons. The molecule has 0 spiro atoms. The fourth-order valence-corrected chi connectivity index (χ4v) is 5.26. The lowest BCUT2D eigenvalue weighted by atomic mass is 9.72. The largest absolute Gasteiger partial charge is 0.433 e. The maximum Gasteiger partial charge on any atom is 0.433 e. The van der Waals surface area contributed by atoms with Crippen molar-refractivity contribution in [3.8, 4) is 0 Å². The minimum atomic E-state index is -4.47. The van der Waals surface area contributed by atoms with Crippen molar-refractivity contribution >= 4 is 11.9 Å². The van der Waals surface area contributed by atoms with E-state index in [0.29, 0.717) is 31.6 Å². The van der Waals surface area contributed by atoms with Crippen molar-refractivity contribution in [2.45, 2.75) is 50.9 Å². The van der Waals surface area contributed by atoms with Crippen LogP contribution < -0.4 is 10.2 Å². The second-order valence-electron chi connectivity index (χ2n) is 8.21. The number of hydrogen-bond acceptors (Lipinski definition) is 5. The summed E-state index contributed by atoms with van der Waals surface area (Å²) >= 11 is 0. The average Bonchev–Trinajstić information content (AvgIpc) is 2.67. The van der Waals surface area contributed by atoms with Crippen LogP contribution in [0.4, 0.5) is 19.1 Å².